The van der Waals surface area contributed by atoms with Crippen LogP contribution >= 0.6 is 0 Å². The number of amides is 1. The lowest BCUT2D eigenvalue weighted by Crippen LogP contribution is -2.32. The van der Waals surface area contributed by atoms with Gasteiger partial charge in [-0.25, -0.2) is 0 Å². The third kappa shape index (κ3) is 3.76. The van der Waals surface area contributed by atoms with Gasteiger partial charge >= 0.3 is 0 Å². The van der Waals surface area contributed by atoms with E-state index in [0.29, 0.717) is 6.04 Å². The first-order chi connectivity index (χ1) is 8.74. The van der Waals surface area contributed by atoms with E-state index in [9.17, 15) is 4.79 Å². The Balaban J connectivity index is 2.91. The Bertz CT molecular complexity index is 359. The first-order valence-corrected chi connectivity index (χ1v) is 6.76. The average molecular weight is 248 g/mol. The number of hydrogen-bond donors (Lipinski definition) is 1. The van der Waals surface area contributed by atoms with Gasteiger partial charge in [-0.1, -0.05) is 38.8 Å². The Morgan fingerprint density at radius 2 is 1.83 bits per heavy atom. The van der Waals surface area contributed by atoms with Crippen LogP contribution < -0.4 is 10.2 Å². The molecule has 0 saturated carbocycles. The molecular formula is C15H24N2O. The van der Waals surface area contributed by atoms with Crippen LogP contribution in [0.25, 0.3) is 0 Å². The smallest absolute Gasteiger partial charge is 0.211 e. The summed E-state index contributed by atoms with van der Waals surface area (Å²) in [5.41, 5.74) is 1.98. The molecule has 3 nitrogen and oxygen atoms in total. The molecule has 100 valence electrons. The molecule has 3 heteroatoms. The number of anilines is 2. The van der Waals surface area contributed by atoms with Crippen LogP contribution in [0.3, 0.4) is 0 Å². The van der Waals surface area contributed by atoms with Gasteiger partial charge in [-0.15, -0.1) is 0 Å². The highest BCUT2D eigenvalue weighted by molar-refractivity contribution is 5.81. The largest absolute Gasteiger partial charge is 0.370 e. The Labute approximate surface area is 110 Å². The van der Waals surface area contributed by atoms with Crippen molar-refractivity contribution in [1.82, 2.24) is 0 Å². The standard InChI is InChI=1S/C15H24N2O/c1-4-8-13(9-5-2)17(3)15-11-7-6-10-14(15)16-12-18/h6-7,10-13H,4-5,8-9H2,1-3H3,(H,16,18). The van der Waals surface area contributed by atoms with Gasteiger partial charge in [-0.3, -0.25) is 4.79 Å². The van der Waals surface area contributed by atoms with Crippen LogP contribution in [0.2, 0.25) is 0 Å². The quantitative estimate of drug-likeness (QED) is 0.712. The van der Waals surface area contributed by atoms with Crippen molar-refractivity contribution in [2.45, 2.75) is 45.6 Å². The molecule has 0 fully saturated rings. The molecule has 0 aromatic heterocycles. The molecule has 0 unspecified atom stereocenters. The lowest BCUT2D eigenvalue weighted by molar-refractivity contribution is -0.105. The number of benzene rings is 1. The van der Waals surface area contributed by atoms with Gasteiger partial charge in [0, 0.05) is 13.1 Å². The van der Waals surface area contributed by atoms with Crippen molar-refractivity contribution in [3.8, 4) is 0 Å². The van der Waals surface area contributed by atoms with Gasteiger partial charge in [0.05, 0.1) is 11.4 Å². The van der Waals surface area contributed by atoms with E-state index in [2.05, 4.69) is 37.2 Å². The van der Waals surface area contributed by atoms with Crippen LogP contribution in [-0.4, -0.2) is 19.5 Å². The van der Waals surface area contributed by atoms with E-state index in [0.717, 1.165) is 17.8 Å². The molecule has 0 saturated heterocycles. The number of carbonyl (C=O) groups excluding carboxylic acids is 1. The summed E-state index contributed by atoms with van der Waals surface area (Å²) in [7, 11) is 2.11. The maximum Gasteiger partial charge on any atom is 0.211 e. The summed E-state index contributed by atoms with van der Waals surface area (Å²) in [5.74, 6) is 0. The second-order valence-electron chi connectivity index (χ2n) is 4.62. The Hall–Kier alpha value is -1.51. The van der Waals surface area contributed by atoms with Crippen LogP contribution in [-0.2, 0) is 4.79 Å². The van der Waals surface area contributed by atoms with Crippen molar-refractivity contribution in [3.05, 3.63) is 24.3 Å². The number of nitrogens with one attached hydrogen (secondary N) is 1. The summed E-state index contributed by atoms with van der Waals surface area (Å²) in [6.45, 7) is 4.43. The summed E-state index contributed by atoms with van der Waals surface area (Å²) in [6.07, 6.45) is 5.46. The highest BCUT2D eigenvalue weighted by Gasteiger charge is 2.15. The fourth-order valence-electron chi connectivity index (χ4n) is 2.36. The molecule has 0 aliphatic heterocycles. The Morgan fingerprint density at radius 1 is 1.22 bits per heavy atom. The zero-order valence-corrected chi connectivity index (χ0v) is 11.6. The minimum absolute atomic E-state index is 0.537. The van der Waals surface area contributed by atoms with E-state index in [-0.39, 0.29) is 0 Å². The zero-order chi connectivity index (χ0) is 13.4. The molecule has 18 heavy (non-hydrogen) atoms. The highest BCUT2D eigenvalue weighted by Crippen LogP contribution is 2.28. The lowest BCUT2D eigenvalue weighted by atomic mass is 10.0. The van der Waals surface area contributed by atoms with Gasteiger partial charge < -0.3 is 10.2 Å². The number of rotatable bonds is 8. The Morgan fingerprint density at radius 3 is 2.39 bits per heavy atom. The monoisotopic (exact) mass is 248 g/mol. The van der Waals surface area contributed by atoms with Crippen molar-refractivity contribution in [2.75, 3.05) is 17.3 Å². The molecule has 1 aromatic carbocycles. The predicted molar refractivity (Wildman–Crippen MR) is 78.1 cm³/mol. The van der Waals surface area contributed by atoms with Gasteiger partial charge in [-0.2, -0.15) is 0 Å². The number of carbonyl (C=O) groups is 1. The van der Waals surface area contributed by atoms with Crippen LogP contribution in [0.1, 0.15) is 39.5 Å². The Kier molecular flexibility index (Phi) is 6.26. The molecular weight excluding hydrogens is 224 g/mol. The third-order valence-electron chi connectivity index (χ3n) is 3.29. The highest BCUT2D eigenvalue weighted by atomic mass is 16.1. The number of nitrogens with zero attached hydrogens (tertiary/aromatic N) is 1. The number of para-hydroxylation sites is 2. The summed E-state index contributed by atoms with van der Waals surface area (Å²) < 4.78 is 0. The molecule has 0 radical (unpaired) electrons. The van der Waals surface area contributed by atoms with Crippen molar-refractivity contribution in [3.63, 3.8) is 0 Å². The summed E-state index contributed by atoms with van der Waals surface area (Å²) >= 11 is 0. The van der Waals surface area contributed by atoms with E-state index in [1.54, 1.807) is 0 Å². The molecule has 0 atom stereocenters. The van der Waals surface area contributed by atoms with Crippen LogP contribution in [0.15, 0.2) is 24.3 Å². The topological polar surface area (TPSA) is 32.3 Å². The molecule has 0 spiro atoms. The van der Waals surface area contributed by atoms with Gasteiger partial charge in [0.15, 0.2) is 0 Å². The van der Waals surface area contributed by atoms with Gasteiger partial charge in [-0.05, 0) is 25.0 Å². The van der Waals surface area contributed by atoms with E-state index in [4.69, 9.17) is 0 Å². The SMILES string of the molecule is CCCC(CCC)N(C)c1ccccc1NC=O. The minimum atomic E-state index is 0.537. The molecule has 1 amide bonds. The van der Waals surface area contributed by atoms with E-state index < -0.39 is 0 Å². The summed E-state index contributed by atoms with van der Waals surface area (Å²) in [4.78, 5) is 12.9. The maximum absolute atomic E-state index is 10.6. The summed E-state index contributed by atoms with van der Waals surface area (Å²) in [5, 5.41) is 2.77. The third-order valence-corrected chi connectivity index (χ3v) is 3.29. The predicted octanol–water partition coefficient (Wildman–Crippen LogP) is 3.66. The van der Waals surface area contributed by atoms with Gasteiger partial charge in [0.25, 0.3) is 0 Å². The molecule has 0 heterocycles. The lowest BCUT2D eigenvalue weighted by Gasteiger charge is -2.31. The fraction of sp³-hybridized carbons (Fsp3) is 0.533. The average Bonchev–Trinajstić information content (AvgIpc) is 2.39. The van der Waals surface area contributed by atoms with Crippen LogP contribution in [0, 0.1) is 0 Å². The summed E-state index contributed by atoms with van der Waals surface area (Å²) in [6, 6.07) is 8.49. The molecule has 1 N–H and O–H groups in total. The number of hydrogen-bond acceptors (Lipinski definition) is 2. The first-order valence-electron chi connectivity index (χ1n) is 6.76. The van der Waals surface area contributed by atoms with E-state index in [1.165, 1.54) is 25.7 Å². The fourth-order valence-corrected chi connectivity index (χ4v) is 2.36. The minimum Gasteiger partial charge on any atom is -0.370 e. The van der Waals surface area contributed by atoms with Crippen LogP contribution in [0.4, 0.5) is 11.4 Å². The van der Waals surface area contributed by atoms with E-state index >= 15 is 0 Å². The van der Waals surface area contributed by atoms with Crippen molar-refractivity contribution >= 4 is 17.8 Å². The normalized spacial score (nSPS) is 10.4. The zero-order valence-electron chi connectivity index (χ0n) is 11.6. The maximum atomic E-state index is 10.6. The van der Waals surface area contributed by atoms with Gasteiger partial charge in [0.1, 0.15) is 0 Å². The molecule has 0 aliphatic carbocycles. The van der Waals surface area contributed by atoms with Crippen molar-refractivity contribution in [2.24, 2.45) is 0 Å². The van der Waals surface area contributed by atoms with Gasteiger partial charge in [0.2, 0.25) is 6.41 Å². The van der Waals surface area contributed by atoms with E-state index in [1.807, 2.05) is 18.2 Å². The molecule has 1 aromatic rings. The van der Waals surface area contributed by atoms with Crippen molar-refractivity contribution in [1.29, 1.82) is 0 Å². The second kappa shape index (κ2) is 7.75. The first kappa shape index (κ1) is 14.6. The molecule has 0 bridgehead atoms. The van der Waals surface area contributed by atoms with Crippen LogP contribution in [0.5, 0.6) is 0 Å². The second-order valence-corrected chi connectivity index (χ2v) is 4.62. The van der Waals surface area contributed by atoms with Crippen molar-refractivity contribution < 1.29 is 4.79 Å². The molecule has 1 rings (SSSR count). The molecule has 0 aliphatic rings.